The summed E-state index contributed by atoms with van der Waals surface area (Å²) < 4.78 is 0. The average Bonchev–Trinajstić information content (AvgIpc) is 2.91. The lowest BCUT2D eigenvalue weighted by molar-refractivity contribution is 0.153. The summed E-state index contributed by atoms with van der Waals surface area (Å²) in [5.74, 6) is 1.78. The summed E-state index contributed by atoms with van der Waals surface area (Å²) in [5, 5.41) is 0. The Bertz CT molecular complexity index is 441. The van der Waals surface area contributed by atoms with E-state index >= 15 is 0 Å². The van der Waals surface area contributed by atoms with Crippen molar-refractivity contribution < 1.29 is 0 Å². The number of hydrogen-bond donors (Lipinski definition) is 1. The molecule has 1 aromatic carbocycles. The summed E-state index contributed by atoms with van der Waals surface area (Å²) in [6.45, 7) is 7.01. The Morgan fingerprint density at radius 1 is 1.22 bits per heavy atom. The van der Waals surface area contributed by atoms with Crippen LogP contribution in [0.1, 0.15) is 44.2 Å². The molecule has 0 aromatic heterocycles. The molecule has 1 aliphatic heterocycles. The number of hydrogen-bond acceptors (Lipinski definition) is 2. The van der Waals surface area contributed by atoms with Gasteiger partial charge in [0, 0.05) is 24.8 Å². The maximum Gasteiger partial charge on any atom is 0.0317 e. The molecule has 0 bridgehead atoms. The van der Waals surface area contributed by atoms with Crippen molar-refractivity contribution in [2.24, 2.45) is 11.8 Å². The molecule has 1 aliphatic carbocycles. The number of rotatable bonds is 2. The Morgan fingerprint density at radius 3 is 2.72 bits per heavy atom. The zero-order chi connectivity index (χ0) is 12.7. The van der Waals surface area contributed by atoms with Gasteiger partial charge in [-0.25, -0.2) is 0 Å². The molecular weight excluding hydrogens is 220 g/mol. The van der Waals surface area contributed by atoms with E-state index in [0.29, 0.717) is 0 Å². The van der Waals surface area contributed by atoms with Crippen molar-refractivity contribution in [2.45, 2.75) is 52.2 Å². The molecule has 0 saturated heterocycles. The molecule has 2 N–H and O–H groups in total. The molecular formula is C16H24N2. The summed E-state index contributed by atoms with van der Waals surface area (Å²) in [6, 6.07) is 7.19. The topological polar surface area (TPSA) is 29.3 Å². The SMILES string of the molecule is CCC1CCC(N2Cc3ccc(N)cc3C2)C1C. The molecule has 1 fully saturated rings. The zero-order valence-corrected chi connectivity index (χ0v) is 11.5. The third kappa shape index (κ3) is 1.93. The highest BCUT2D eigenvalue weighted by molar-refractivity contribution is 5.46. The van der Waals surface area contributed by atoms with Gasteiger partial charge in [0.1, 0.15) is 0 Å². The molecule has 2 aliphatic rings. The maximum absolute atomic E-state index is 5.88. The molecule has 3 rings (SSSR count). The lowest BCUT2D eigenvalue weighted by Crippen LogP contribution is -2.33. The van der Waals surface area contributed by atoms with E-state index < -0.39 is 0 Å². The van der Waals surface area contributed by atoms with E-state index in [-0.39, 0.29) is 0 Å². The number of nitrogens with two attached hydrogens (primary N) is 1. The van der Waals surface area contributed by atoms with Crippen LogP contribution in [0, 0.1) is 11.8 Å². The van der Waals surface area contributed by atoms with E-state index in [2.05, 4.69) is 30.9 Å². The second-order valence-electron chi connectivity index (χ2n) is 6.11. The fourth-order valence-corrected chi connectivity index (χ4v) is 3.99. The molecule has 0 amide bonds. The Morgan fingerprint density at radius 2 is 2.00 bits per heavy atom. The fraction of sp³-hybridized carbons (Fsp3) is 0.625. The molecule has 1 aromatic rings. The smallest absolute Gasteiger partial charge is 0.0317 e. The van der Waals surface area contributed by atoms with E-state index in [9.17, 15) is 0 Å². The largest absolute Gasteiger partial charge is 0.399 e. The first-order chi connectivity index (χ1) is 8.69. The van der Waals surface area contributed by atoms with Crippen LogP contribution in [0.2, 0.25) is 0 Å². The highest BCUT2D eigenvalue weighted by Gasteiger charge is 2.37. The van der Waals surface area contributed by atoms with Crippen LogP contribution in [0.4, 0.5) is 5.69 Å². The van der Waals surface area contributed by atoms with Crippen LogP contribution in [0.15, 0.2) is 18.2 Å². The standard InChI is InChI=1S/C16H24N2/c1-3-12-5-7-16(11(12)2)18-9-13-4-6-15(17)8-14(13)10-18/h4,6,8,11-12,16H,3,5,7,9-10,17H2,1-2H3. The third-order valence-corrected chi connectivity index (χ3v) is 5.15. The molecule has 0 spiro atoms. The van der Waals surface area contributed by atoms with Crippen LogP contribution >= 0.6 is 0 Å². The van der Waals surface area contributed by atoms with E-state index in [1.807, 2.05) is 6.07 Å². The van der Waals surface area contributed by atoms with Gasteiger partial charge in [-0.3, -0.25) is 4.90 Å². The number of anilines is 1. The quantitative estimate of drug-likeness (QED) is 0.808. The van der Waals surface area contributed by atoms with Crippen molar-refractivity contribution >= 4 is 5.69 Å². The van der Waals surface area contributed by atoms with E-state index in [1.165, 1.54) is 30.4 Å². The van der Waals surface area contributed by atoms with E-state index in [4.69, 9.17) is 5.73 Å². The van der Waals surface area contributed by atoms with Gasteiger partial charge < -0.3 is 5.73 Å². The summed E-state index contributed by atoms with van der Waals surface area (Å²) in [7, 11) is 0. The molecule has 2 nitrogen and oxygen atoms in total. The lowest BCUT2D eigenvalue weighted by Gasteiger charge is -2.29. The van der Waals surface area contributed by atoms with Crippen molar-refractivity contribution in [2.75, 3.05) is 5.73 Å². The number of benzene rings is 1. The minimum Gasteiger partial charge on any atom is -0.399 e. The molecule has 2 heteroatoms. The molecule has 0 radical (unpaired) electrons. The Labute approximate surface area is 110 Å². The minimum atomic E-state index is 0.781. The van der Waals surface area contributed by atoms with Crippen molar-refractivity contribution in [3.63, 3.8) is 0 Å². The molecule has 18 heavy (non-hydrogen) atoms. The first-order valence-electron chi connectivity index (χ1n) is 7.30. The minimum absolute atomic E-state index is 0.781. The molecule has 3 unspecified atom stereocenters. The Hall–Kier alpha value is -1.02. The van der Waals surface area contributed by atoms with Crippen molar-refractivity contribution in [3.8, 4) is 0 Å². The third-order valence-electron chi connectivity index (χ3n) is 5.15. The van der Waals surface area contributed by atoms with Gasteiger partial charge in [-0.2, -0.15) is 0 Å². The fourth-order valence-electron chi connectivity index (χ4n) is 3.99. The monoisotopic (exact) mass is 244 g/mol. The predicted molar refractivity (Wildman–Crippen MR) is 76.1 cm³/mol. The highest BCUT2D eigenvalue weighted by atomic mass is 15.2. The second kappa shape index (κ2) is 4.58. The number of fused-ring (bicyclic) bond motifs is 1. The zero-order valence-electron chi connectivity index (χ0n) is 11.5. The molecule has 3 atom stereocenters. The van der Waals surface area contributed by atoms with E-state index in [1.54, 1.807) is 0 Å². The molecule has 1 saturated carbocycles. The van der Waals surface area contributed by atoms with Gasteiger partial charge in [0.05, 0.1) is 0 Å². The maximum atomic E-state index is 5.88. The van der Waals surface area contributed by atoms with Crippen molar-refractivity contribution in [1.29, 1.82) is 0 Å². The molecule has 1 heterocycles. The van der Waals surface area contributed by atoms with Crippen LogP contribution < -0.4 is 5.73 Å². The van der Waals surface area contributed by atoms with Gasteiger partial charge in [-0.05, 0) is 47.9 Å². The van der Waals surface area contributed by atoms with E-state index in [0.717, 1.165) is 36.7 Å². The first-order valence-corrected chi connectivity index (χ1v) is 7.30. The van der Waals surface area contributed by atoms with Crippen LogP contribution in [-0.4, -0.2) is 10.9 Å². The van der Waals surface area contributed by atoms with Crippen LogP contribution in [0.5, 0.6) is 0 Å². The van der Waals surface area contributed by atoms with Gasteiger partial charge in [-0.1, -0.05) is 26.3 Å². The highest BCUT2D eigenvalue weighted by Crippen LogP contribution is 2.40. The van der Waals surface area contributed by atoms with Crippen molar-refractivity contribution in [3.05, 3.63) is 29.3 Å². The second-order valence-corrected chi connectivity index (χ2v) is 6.11. The summed E-state index contributed by atoms with van der Waals surface area (Å²) in [5.41, 5.74) is 9.72. The van der Waals surface area contributed by atoms with Gasteiger partial charge in [0.15, 0.2) is 0 Å². The Balaban J connectivity index is 1.74. The summed E-state index contributed by atoms with van der Waals surface area (Å²) in [6.07, 6.45) is 4.13. The van der Waals surface area contributed by atoms with Gasteiger partial charge in [0.2, 0.25) is 0 Å². The van der Waals surface area contributed by atoms with Crippen LogP contribution in [-0.2, 0) is 13.1 Å². The van der Waals surface area contributed by atoms with Crippen molar-refractivity contribution in [1.82, 2.24) is 4.90 Å². The summed E-state index contributed by atoms with van der Waals surface area (Å²) >= 11 is 0. The number of nitrogen functional groups attached to an aromatic ring is 1. The van der Waals surface area contributed by atoms with Gasteiger partial charge >= 0.3 is 0 Å². The number of nitrogens with zero attached hydrogens (tertiary/aromatic N) is 1. The van der Waals surface area contributed by atoms with Crippen LogP contribution in [0.25, 0.3) is 0 Å². The normalized spacial score (nSPS) is 31.8. The summed E-state index contributed by atoms with van der Waals surface area (Å²) in [4.78, 5) is 2.67. The Kier molecular flexibility index (Phi) is 3.06. The lowest BCUT2D eigenvalue weighted by atomic mass is 9.93. The van der Waals surface area contributed by atoms with Gasteiger partial charge in [-0.15, -0.1) is 0 Å². The van der Waals surface area contributed by atoms with Crippen LogP contribution in [0.3, 0.4) is 0 Å². The first kappa shape index (κ1) is 12.0. The average molecular weight is 244 g/mol. The van der Waals surface area contributed by atoms with Gasteiger partial charge in [0.25, 0.3) is 0 Å². The predicted octanol–water partition coefficient (Wildman–Crippen LogP) is 3.41. The molecule has 98 valence electrons.